The van der Waals surface area contributed by atoms with E-state index >= 15 is 0 Å². The van der Waals surface area contributed by atoms with Gasteiger partial charge in [0.05, 0.1) is 25.7 Å². The molecule has 2 aromatic rings. The molecule has 2 atom stereocenters. The lowest BCUT2D eigenvalue weighted by molar-refractivity contribution is -0.131. The van der Waals surface area contributed by atoms with Crippen molar-refractivity contribution in [2.24, 2.45) is 0 Å². The molecule has 1 heterocycles. The largest absolute Gasteiger partial charge is 0.497 e. The summed E-state index contributed by atoms with van der Waals surface area (Å²) in [6, 6.07) is 16.1. The summed E-state index contributed by atoms with van der Waals surface area (Å²) in [5.41, 5.74) is 1.63. The summed E-state index contributed by atoms with van der Waals surface area (Å²) < 4.78 is 10.2. The number of hydrogen-bond donors (Lipinski definition) is 1. The fraction of sp³-hybridized carbons (Fsp3) is 0.300. The van der Waals surface area contributed by atoms with E-state index in [1.807, 2.05) is 30.3 Å². The van der Waals surface area contributed by atoms with Crippen LogP contribution in [0.25, 0.3) is 0 Å². The summed E-state index contributed by atoms with van der Waals surface area (Å²) in [5, 5.41) is 9.77. The van der Waals surface area contributed by atoms with Crippen molar-refractivity contribution in [3.8, 4) is 5.75 Å². The van der Waals surface area contributed by atoms with Gasteiger partial charge in [-0.3, -0.25) is 4.79 Å². The number of aliphatic hydroxyl groups is 1. The van der Waals surface area contributed by atoms with Gasteiger partial charge in [-0.25, -0.2) is 9.69 Å². The van der Waals surface area contributed by atoms with E-state index in [0.717, 1.165) is 10.5 Å². The topological polar surface area (TPSA) is 76.1 Å². The van der Waals surface area contributed by atoms with Crippen molar-refractivity contribution in [3.05, 3.63) is 65.7 Å². The van der Waals surface area contributed by atoms with Crippen LogP contribution in [0.1, 0.15) is 17.0 Å². The quantitative estimate of drug-likeness (QED) is 0.861. The van der Waals surface area contributed by atoms with E-state index in [2.05, 4.69) is 0 Å². The predicted octanol–water partition coefficient (Wildman–Crippen LogP) is 2.36. The molecular formula is C20H21NO5. The van der Waals surface area contributed by atoms with Crippen molar-refractivity contribution in [2.75, 3.05) is 20.3 Å². The Morgan fingerprint density at radius 2 is 1.92 bits per heavy atom. The summed E-state index contributed by atoms with van der Waals surface area (Å²) in [7, 11) is 1.55. The molecule has 0 bridgehead atoms. The lowest BCUT2D eigenvalue weighted by Gasteiger charge is -2.24. The molecule has 2 aromatic carbocycles. The van der Waals surface area contributed by atoms with Crippen molar-refractivity contribution in [1.29, 1.82) is 0 Å². The zero-order valence-corrected chi connectivity index (χ0v) is 14.5. The van der Waals surface area contributed by atoms with Gasteiger partial charge in [-0.1, -0.05) is 42.5 Å². The molecule has 1 aliphatic rings. The van der Waals surface area contributed by atoms with Crippen LogP contribution in [0.15, 0.2) is 54.6 Å². The van der Waals surface area contributed by atoms with Gasteiger partial charge in [0.25, 0.3) is 0 Å². The summed E-state index contributed by atoms with van der Waals surface area (Å²) in [6.45, 7) is -0.243. The van der Waals surface area contributed by atoms with E-state index in [4.69, 9.17) is 9.47 Å². The van der Waals surface area contributed by atoms with Gasteiger partial charge in [0.1, 0.15) is 12.4 Å². The number of imide groups is 1. The molecule has 0 aliphatic carbocycles. The number of ether oxygens (including phenoxy) is 2. The highest BCUT2D eigenvalue weighted by atomic mass is 16.6. The number of methoxy groups -OCH3 is 1. The maximum absolute atomic E-state index is 13.0. The molecule has 0 saturated carbocycles. The molecule has 1 N–H and O–H groups in total. The highest BCUT2D eigenvalue weighted by Crippen LogP contribution is 2.26. The second-order valence-corrected chi connectivity index (χ2v) is 6.14. The van der Waals surface area contributed by atoms with Gasteiger partial charge >= 0.3 is 6.09 Å². The standard InChI is InChI=1S/C20H21NO5/c1-25-17-9-7-15(8-10-17)18(12-22)19(23)21-16(13-26-20(21)24)11-14-5-3-2-4-6-14/h2-10,16,18,22H,11-13H2,1H3/t16-,18-/m1/s1. The lowest BCUT2D eigenvalue weighted by atomic mass is 9.97. The van der Waals surface area contributed by atoms with E-state index < -0.39 is 24.5 Å². The van der Waals surface area contributed by atoms with Crippen LogP contribution in [-0.2, 0) is 16.0 Å². The first-order chi connectivity index (χ1) is 12.6. The minimum absolute atomic E-state index is 0.153. The first kappa shape index (κ1) is 17.9. The molecule has 0 aromatic heterocycles. The summed E-state index contributed by atoms with van der Waals surface area (Å²) in [6.07, 6.45) is -0.151. The normalized spacial score (nSPS) is 17.7. The number of hydrogen-bond acceptors (Lipinski definition) is 5. The van der Waals surface area contributed by atoms with Gasteiger partial charge in [-0.05, 0) is 29.7 Å². The summed E-state index contributed by atoms with van der Waals surface area (Å²) in [5.74, 6) is -0.633. The zero-order valence-electron chi connectivity index (χ0n) is 14.5. The van der Waals surface area contributed by atoms with Gasteiger partial charge in [0.2, 0.25) is 5.91 Å². The molecule has 1 fully saturated rings. The Morgan fingerprint density at radius 3 is 2.54 bits per heavy atom. The lowest BCUT2D eigenvalue weighted by Crippen LogP contribution is -2.43. The molecule has 1 aliphatic heterocycles. The number of rotatable bonds is 6. The second-order valence-electron chi connectivity index (χ2n) is 6.14. The SMILES string of the molecule is COc1ccc([C@@H](CO)C(=O)N2C(=O)OC[C@H]2Cc2ccccc2)cc1. The molecule has 6 nitrogen and oxygen atoms in total. The maximum Gasteiger partial charge on any atom is 0.417 e. The van der Waals surface area contributed by atoms with E-state index in [1.54, 1.807) is 31.4 Å². The summed E-state index contributed by atoms with van der Waals surface area (Å²) >= 11 is 0. The Bertz CT molecular complexity index is 760. The molecule has 6 heteroatoms. The van der Waals surface area contributed by atoms with Crippen LogP contribution < -0.4 is 4.74 Å². The Labute approximate surface area is 152 Å². The van der Waals surface area contributed by atoms with Crippen molar-refractivity contribution in [2.45, 2.75) is 18.4 Å². The molecular weight excluding hydrogens is 334 g/mol. The van der Waals surface area contributed by atoms with Gasteiger partial charge in [0, 0.05) is 0 Å². The van der Waals surface area contributed by atoms with Crippen LogP contribution >= 0.6 is 0 Å². The van der Waals surface area contributed by atoms with E-state index in [-0.39, 0.29) is 12.6 Å². The molecule has 26 heavy (non-hydrogen) atoms. The Kier molecular flexibility index (Phi) is 5.53. The van der Waals surface area contributed by atoms with Crippen molar-refractivity contribution in [1.82, 2.24) is 4.90 Å². The number of cyclic esters (lactones) is 1. The minimum atomic E-state index is -0.829. The van der Waals surface area contributed by atoms with Gasteiger partial charge in [-0.2, -0.15) is 0 Å². The Hall–Kier alpha value is -2.86. The van der Waals surface area contributed by atoms with Crippen LogP contribution in [0.5, 0.6) is 5.75 Å². The maximum atomic E-state index is 13.0. The van der Waals surface area contributed by atoms with Crippen molar-refractivity contribution >= 4 is 12.0 Å². The first-order valence-electron chi connectivity index (χ1n) is 8.42. The number of amides is 2. The minimum Gasteiger partial charge on any atom is -0.497 e. The third-order valence-electron chi connectivity index (χ3n) is 4.51. The third-order valence-corrected chi connectivity index (χ3v) is 4.51. The number of carbonyl (C=O) groups is 2. The number of benzene rings is 2. The van der Waals surface area contributed by atoms with Crippen molar-refractivity contribution < 1.29 is 24.2 Å². The van der Waals surface area contributed by atoms with E-state index in [1.165, 1.54) is 0 Å². The predicted molar refractivity (Wildman–Crippen MR) is 94.9 cm³/mol. The van der Waals surface area contributed by atoms with Crippen LogP contribution in [0.3, 0.4) is 0 Å². The highest BCUT2D eigenvalue weighted by molar-refractivity contribution is 5.97. The fourth-order valence-corrected chi connectivity index (χ4v) is 3.10. The summed E-state index contributed by atoms with van der Waals surface area (Å²) in [4.78, 5) is 26.3. The second kappa shape index (κ2) is 8.01. The number of aliphatic hydroxyl groups excluding tert-OH is 1. The Morgan fingerprint density at radius 1 is 1.23 bits per heavy atom. The molecule has 0 spiro atoms. The monoisotopic (exact) mass is 355 g/mol. The smallest absolute Gasteiger partial charge is 0.417 e. The van der Waals surface area contributed by atoms with Crippen LogP contribution in [0, 0.1) is 0 Å². The number of nitrogens with zero attached hydrogens (tertiary/aromatic N) is 1. The molecule has 2 amide bonds. The zero-order chi connectivity index (χ0) is 18.5. The van der Waals surface area contributed by atoms with Crippen molar-refractivity contribution in [3.63, 3.8) is 0 Å². The van der Waals surface area contributed by atoms with Crippen LogP contribution in [0.4, 0.5) is 4.79 Å². The molecule has 136 valence electrons. The fourth-order valence-electron chi connectivity index (χ4n) is 3.10. The molecule has 0 unspecified atom stereocenters. The average Bonchev–Trinajstić information content (AvgIpc) is 3.03. The van der Waals surface area contributed by atoms with Crippen LogP contribution in [-0.4, -0.2) is 48.4 Å². The highest BCUT2D eigenvalue weighted by Gasteiger charge is 2.41. The van der Waals surface area contributed by atoms with Gasteiger partial charge in [0.15, 0.2) is 0 Å². The number of carbonyl (C=O) groups excluding carboxylic acids is 2. The molecule has 0 radical (unpaired) electrons. The average molecular weight is 355 g/mol. The molecule has 3 rings (SSSR count). The van der Waals surface area contributed by atoms with Gasteiger partial charge < -0.3 is 14.6 Å². The van der Waals surface area contributed by atoms with Crippen LogP contribution in [0.2, 0.25) is 0 Å². The van der Waals surface area contributed by atoms with E-state index in [9.17, 15) is 14.7 Å². The van der Waals surface area contributed by atoms with Gasteiger partial charge in [-0.15, -0.1) is 0 Å². The third kappa shape index (κ3) is 3.70. The van der Waals surface area contributed by atoms with E-state index in [0.29, 0.717) is 17.7 Å². The first-order valence-corrected chi connectivity index (χ1v) is 8.42. The molecule has 1 saturated heterocycles. The Balaban J connectivity index is 1.80.